The monoisotopic (exact) mass is 199 g/mol. The Hall–Kier alpha value is -1.10. The van der Waals surface area contributed by atoms with Gasteiger partial charge in [0.2, 0.25) is 5.91 Å². The number of ether oxygens (including phenoxy) is 1. The van der Waals surface area contributed by atoms with E-state index in [-0.39, 0.29) is 12.3 Å². The van der Waals surface area contributed by atoms with Crippen molar-refractivity contribution >= 4 is 11.9 Å². The predicted molar refractivity (Wildman–Crippen MR) is 46.7 cm³/mol. The number of nitrogens with one attached hydrogen (secondary N) is 1. The average molecular weight is 199 g/mol. The second-order valence-corrected chi connectivity index (χ2v) is 4.03. The van der Waals surface area contributed by atoms with E-state index >= 15 is 0 Å². The lowest BCUT2D eigenvalue weighted by molar-refractivity contribution is -0.145. The molecule has 2 N–H and O–H groups in total. The summed E-state index contributed by atoms with van der Waals surface area (Å²) >= 11 is 0. The third-order valence-corrected chi connectivity index (χ3v) is 3.03. The van der Waals surface area contributed by atoms with Crippen LogP contribution in [0.25, 0.3) is 0 Å². The highest BCUT2D eigenvalue weighted by Crippen LogP contribution is 2.39. The Morgan fingerprint density at radius 1 is 1.64 bits per heavy atom. The summed E-state index contributed by atoms with van der Waals surface area (Å²) in [5.41, 5.74) is -0.499. The van der Waals surface area contributed by atoms with Crippen LogP contribution in [-0.4, -0.2) is 36.2 Å². The first-order chi connectivity index (χ1) is 6.64. The fraction of sp³-hybridized carbons (Fsp3) is 0.778. The number of carbonyl (C=O) groups is 2. The molecule has 14 heavy (non-hydrogen) atoms. The molecule has 0 aromatic carbocycles. The zero-order valence-electron chi connectivity index (χ0n) is 7.78. The van der Waals surface area contributed by atoms with Crippen LogP contribution in [0, 0.1) is 5.41 Å². The van der Waals surface area contributed by atoms with E-state index in [0.29, 0.717) is 13.2 Å². The summed E-state index contributed by atoms with van der Waals surface area (Å²) in [6.07, 6.45) is 1.87. The zero-order chi connectivity index (χ0) is 10.2. The van der Waals surface area contributed by atoms with Crippen molar-refractivity contribution in [1.82, 2.24) is 5.32 Å². The van der Waals surface area contributed by atoms with Gasteiger partial charge in [0, 0.05) is 18.4 Å². The SMILES string of the molecule is O=C1CC2(CCCOC2)C(C(=O)O)N1. The molecule has 2 atom stereocenters. The van der Waals surface area contributed by atoms with E-state index in [1.807, 2.05) is 0 Å². The highest BCUT2D eigenvalue weighted by molar-refractivity contribution is 5.89. The third-order valence-electron chi connectivity index (χ3n) is 3.03. The van der Waals surface area contributed by atoms with Crippen LogP contribution in [0.15, 0.2) is 0 Å². The summed E-state index contributed by atoms with van der Waals surface area (Å²) in [5.74, 6) is -1.13. The first-order valence-corrected chi connectivity index (χ1v) is 4.74. The molecule has 1 amide bonds. The molecule has 0 aliphatic carbocycles. The van der Waals surface area contributed by atoms with Crippen molar-refractivity contribution in [3.05, 3.63) is 0 Å². The van der Waals surface area contributed by atoms with E-state index in [9.17, 15) is 9.59 Å². The molecule has 2 aliphatic heterocycles. The van der Waals surface area contributed by atoms with E-state index < -0.39 is 17.4 Å². The standard InChI is InChI=1S/C9H13NO4/c11-6-4-9(2-1-3-14-5-9)7(10-6)8(12)13/h7H,1-5H2,(H,10,11)(H,12,13). The van der Waals surface area contributed by atoms with E-state index in [1.54, 1.807) is 0 Å². The fourth-order valence-electron chi connectivity index (χ4n) is 2.35. The molecule has 2 saturated heterocycles. The Kier molecular flexibility index (Phi) is 2.19. The van der Waals surface area contributed by atoms with Crippen LogP contribution in [0.2, 0.25) is 0 Å². The maximum atomic E-state index is 11.2. The minimum Gasteiger partial charge on any atom is -0.480 e. The molecule has 0 aromatic rings. The molecule has 0 saturated carbocycles. The quantitative estimate of drug-likeness (QED) is 0.611. The van der Waals surface area contributed by atoms with Gasteiger partial charge in [0.1, 0.15) is 6.04 Å². The van der Waals surface area contributed by atoms with Crippen molar-refractivity contribution in [3.63, 3.8) is 0 Å². The van der Waals surface area contributed by atoms with Crippen LogP contribution in [0.1, 0.15) is 19.3 Å². The number of carboxylic acid groups (broad SMARTS) is 1. The molecule has 2 unspecified atom stereocenters. The van der Waals surface area contributed by atoms with Crippen LogP contribution in [0.4, 0.5) is 0 Å². The molecule has 2 aliphatic rings. The lowest BCUT2D eigenvalue weighted by Gasteiger charge is -2.34. The van der Waals surface area contributed by atoms with Gasteiger partial charge in [-0.15, -0.1) is 0 Å². The first kappa shape index (κ1) is 9.45. The van der Waals surface area contributed by atoms with Gasteiger partial charge in [0.05, 0.1) is 6.61 Å². The van der Waals surface area contributed by atoms with Crippen molar-refractivity contribution in [2.45, 2.75) is 25.3 Å². The van der Waals surface area contributed by atoms with Gasteiger partial charge in [0.25, 0.3) is 0 Å². The first-order valence-electron chi connectivity index (χ1n) is 4.74. The van der Waals surface area contributed by atoms with Crippen molar-refractivity contribution in [2.75, 3.05) is 13.2 Å². The minimum atomic E-state index is -0.957. The number of carboxylic acids is 1. The largest absolute Gasteiger partial charge is 0.480 e. The van der Waals surface area contributed by atoms with Crippen molar-refractivity contribution in [1.29, 1.82) is 0 Å². The second kappa shape index (κ2) is 3.24. The summed E-state index contributed by atoms with van der Waals surface area (Å²) in [4.78, 5) is 22.2. The number of amides is 1. The van der Waals surface area contributed by atoms with Gasteiger partial charge in [-0.2, -0.15) is 0 Å². The maximum Gasteiger partial charge on any atom is 0.326 e. The molecular weight excluding hydrogens is 186 g/mol. The lowest BCUT2D eigenvalue weighted by atomic mass is 9.76. The number of carbonyl (C=O) groups excluding carboxylic acids is 1. The van der Waals surface area contributed by atoms with E-state index in [1.165, 1.54) is 0 Å². The van der Waals surface area contributed by atoms with Gasteiger partial charge in [-0.25, -0.2) is 4.79 Å². The molecule has 0 radical (unpaired) electrons. The van der Waals surface area contributed by atoms with Crippen LogP contribution < -0.4 is 5.32 Å². The summed E-state index contributed by atoms with van der Waals surface area (Å²) in [7, 11) is 0. The van der Waals surface area contributed by atoms with Gasteiger partial charge in [-0.1, -0.05) is 0 Å². The molecule has 78 valence electrons. The smallest absolute Gasteiger partial charge is 0.326 e. The highest BCUT2D eigenvalue weighted by Gasteiger charge is 2.51. The topological polar surface area (TPSA) is 75.6 Å². The number of hydrogen-bond donors (Lipinski definition) is 2. The lowest BCUT2D eigenvalue weighted by Crippen LogP contribution is -2.47. The molecule has 2 fully saturated rings. The van der Waals surface area contributed by atoms with Crippen LogP contribution >= 0.6 is 0 Å². The molecule has 2 heterocycles. The molecule has 5 nitrogen and oxygen atoms in total. The Labute approximate surface area is 81.4 Å². The Morgan fingerprint density at radius 3 is 3.00 bits per heavy atom. The molecular formula is C9H13NO4. The van der Waals surface area contributed by atoms with Crippen molar-refractivity contribution in [3.8, 4) is 0 Å². The van der Waals surface area contributed by atoms with Gasteiger partial charge in [0.15, 0.2) is 0 Å². The van der Waals surface area contributed by atoms with Gasteiger partial charge < -0.3 is 15.2 Å². The predicted octanol–water partition coefficient (Wildman–Crippen LogP) is -0.244. The van der Waals surface area contributed by atoms with Gasteiger partial charge in [-0.3, -0.25) is 4.79 Å². The molecule has 0 bridgehead atoms. The summed E-state index contributed by atoms with van der Waals surface area (Å²) in [6.45, 7) is 1.05. The molecule has 5 heteroatoms. The Morgan fingerprint density at radius 2 is 2.43 bits per heavy atom. The fourth-order valence-corrected chi connectivity index (χ4v) is 2.35. The average Bonchev–Trinajstić information content (AvgIpc) is 2.44. The van der Waals surface area contributed by atoms with Crippen molar-refractivity contribution in [2.24, 2.45) is 5.41 Å². The van der Waals surface area contributed by atoms with Gasteiger partial charge >= 0.3 is 5.97 Å². The maximum absolute atomic E-state index is 11.2. The summed E-state index contributed by atoms with van der Waals surface area (Å²) < 4.78 is 5.28. The number of aliphatic carboxylic acids is 1. The normalized spacial score (nSPS) is 37.1. The Bertz CT molecular complexity index is 270. The molecule has 0 aromatic heterocycles. The molecule has 1 spiro atoms. The van der Waals surface area contributed by atoms with Crippen LogP contribution in [0.5, 0.6) is 0 Å². The van der Waals surface area contributed by atoms with E-state index in [4.69, 9.17) is 9.84 Å². The number of rotatable bonds is 1. The van der Waals surface area contributed by atoms with E-state index in [0.717, 1.165) is 12.8 Å². The minimum absolute atomic E-state index is 0.178. The van der Waals surface area contributed by atoms with E-state index in [2.05, 4.69) is 5.32 Å². The summed E-state index contributed by atoms with van der Waals surface area (Å²) in [5, 5.41) is 11.5. The highest BCUT2D eigenvalue weighted by atomic mass is 16.5. The van der Waals surface area contributed by atoms with Crippen molar-refractivity contribution < 1.29 is 19.4 Å². The third kappa shape index (κ3) is 1.37. The Balaban J connectivity index is 2.21. The van der Waals surface area contributed by atoms with Crippen LogP contribution in [0.3, 0.4) is 0 Å². The van der Waals surface area contributed by atoms with Gasteiger partial charge in [-0.05, 0) is 12.8 Å². The summed E-state index contributed by atoms with van der Waals surface area (Å²) in [6, 6.07) is -0.768. The van der Waals surface area contributed by atoms with Crippen LogP contribution in [-0.2, 0) is 14.3 Å². The zero-order valence-corrected chi connectivity index (χ0v) is 7.78. The number of hydrogen-bond acceptors (Lipinski definition) is 3. The molecule has 2 rings (SSSR count). The second-order valence-electron chi connectivity index (χ2n) is 4.03.